The lowest BCUT2D eigenvalue weighted by atomic mass is 10.0. The minimum absolute atomic E-state index is 0.0559. The monoisotopic (exact) mass is 467 g/mol. The van der Waals surface area contributed by atoms with Gasteiger partial charge in [0.25, 0.3) is 0 Å². The van der Waals surface area contributed by atoms with E-state index in [1.165, 1.54) is 10.4 Å². The summed E-state index contributed by atoms with van der Waals surface area (Å²) in [5, 5.41) is 4.00. The molecule has 2 aromatic rings. The molecule has 1 unspecified atom stereocenters. The van der Waals surface area contributed by atoms with Crippen molar-refractivity contribution in [2.75, 3.05) is 26.2 Å². The molecule has 1 aliphatic carbocycles. The van der Waals surface area contributed by atoms with E-state index < -0.39 is 10.0 Å². The van der Waals surface area contributed by atoms with Crippen molar-refractivity contribution in [2.45, 2.75) is 23.8 Å². The second-order valence-electron chi connectivity index (χ2n) is 7.64. The first-order chi connectivity index (χ1) is 14.4. The molecule has 2 aliphatic rings. The molecule has 0 radical (unpaired) electrons. The van der Waals surface area contributed by atoms with E-state index in [0.717, 1.165) is 18.4 Å². The molecule has 1 saturated carbocycles. The summed E-state index contributed by atoms with van der Waals surface area (Å²) in [5.74, 6) is 0.428. The van der Waals surface area contributed by atoms with Crippen LogP contribution >= 0.6 is 23.2 Å². The minimum atomic E-state index is -3.68. The van der Waals surface area contributed by atoms with E-state index in [9.17, 15) is 13.2 Å². The average Bonchev–Trinajstić information content (AvgIpc) is 3.58. The Kier molecular flexibility index (Phi) is 6.25. The molecule has 4 rings (SSSR count). The van der Waals surface area contributed by atoms with Gasteiger partial charge in [-0.25, -0.2) is 13.2 Å². The van der Waals surface area contributed by atoms with Crippen molar-refractivity contribution >= 4 is 39.3 Å². The number of hydrogen-bond donors (Lipinski definition) is 1. The van der Waals surface area contributed by atoms with Gasteiger partial charge in [-0.1, -0.05) is 47.5 Å². The molecule has 1 heterocycles. The van der Waals surface area contributed by atoms with Gasteiger partial charge in [0.2, 0.25) is 10.0 Å². The number of nitrogens with one attached hydrogen (secondary N) is 1. The van der Waals surface area contributed by atoms with Gasteiger partial charge in [-0.2, -0.15) is 4.31 Å². The molecule has 1 N–H and O–H groups in total. The fraction of sp³-hybridized carbons (Fsp3) is 0.381. The van der Waals surface area contributed by atoms with Gasteiger partial charge < -0.3 is 10.2 Å². The molecule has 2 amide bonds. The summed E-state index contributed by atoms with van der Waals surface area (Å²) in [5.41, 5.74) is 1.04. The second-order valence-corrected chi connectivity index (χ2v) is 10.4. The lowest BCUT2D eigenvalue weighted by molar-refractivity contribution is 0.167. The Hall–Kier alpha value is -1.80. The predicted octanol–water partition coefficient (Wildman–Crippen LogP) is 4.16. The zero-order chi connectivity index (χ0) is 21.3. The number of sulfonamides is 1. The molecule has 160 valence electrons. The van der Waals surface area contributed by atoms with Gasteiger partial charge in [0.05, 0.1) is 11.1 Å². The third-order valence-electron chi connectivity index (χ3n) is 5.58. The van der Waals surface area contributed by atoms with Gasteiger partial charge >= 0.3 is 6.03 Å². The highest BCUT2D eigenvalue weighted by atomic mass is 35.5. The lowest BCUT2D eigenvalue weighted by Crippen LogP contribution is -2.53. The standard InChI is InChI=1S/C21H23Cl2N3O3S/c22-17-9-7-16(8-10-17)20(15-5-6-15)24-21(27)25-11-13-26(14-12-25)30(28,29)19-4-2-1-3-18(19)23/h1-4,7-10,15,20H,5-6,11-14H2,(H,24,27). The van der Waals surface area contributed by atoms with Crippen molar-refractivity contribution in [2.24, 2.45) is 5.92 Å². The molecule has 2 aromatic carbocycles. The largest absolute Gasteiger partial charge is 0.331 e. The molecular formula is C21H23Cl2N3O3S. The lowest BCUT2D eigenvalue weighted by Gasteiger charge is -2.35. The van der Waals surface area contributed by atoms with Gasteiger partial charge in [-0.15, -0.1) is 0 Å². The van der Waals surface area contributed by atoms with Crippen LogP contribution in [0.1, 0.15) is 24.4 Å². The third-order valence-corrected chi connectivity index (χ3v) is 8.23. The number of halogens is 2. The minimum Gasteiger partial charge on any atom is -0.331 e. The Morgan fingerprint density at radius 3 is 2.20 bits per heavy atom. The molecule has 0 bridgehead atoms. The van der Waals surface area contributed by atoms with Crippen LogP contribution in [-0.4, -0.2) is 49.8 Å². The summed E-state index contributed by atoms with van der Waals surface area (Å²) in [4.78, 5) is 14.6. The number of amides is 2. The van der Waals surface area contributed by atoms with Gasteiger partial charge in [0.15, 0.2) is 0 Å². The molecule has 6 nitrogen and oxygen atoms in total. The zero-order valence-corrected chi connectivity index (χ0v) is 18.6. The van der Waals surface area contributed by atoms with Crippen molar-refractivity contribution in [3.8, 4) is 0 Å². The van der Waals surface area contributed by atoms with Crippen molar-refractivity contribution in [1.82, 2.24) is 14.5 Å². The molecule has 30 heavy (non-hydrogen) atoms. The summed E-state index contributed by atoms with van der Waals surface area (Å²) in [6.45, 7) is 1.12. The maximum absolute atomic E-state index is 12.9. The smallest absolute Gasteiger partial charge is 0.317 e. The summed E-state index contributed by atoms with van der Waals surface area (Å²) in [6, 6.07) is 13.7. The summed E-state index contributed by atoms with van der Waals surface area (Å²) in [6.07, 6.45) is 2.16. The topological polar surface area (TPSA) is 69.7 Å². The number of carbonyl (C=O) groups is 1. The maximum Gasteiger partial charge on any atom is 0.317 e. The first-order valence-corrected chi connectivity index (χ1v) is 12.1. The van der Waals surface area contributed by atoms with Gasteiger partial charge in [-0.05, 0) is 48.6 Å². The Labute approximate surface area is 186 Å². The summed E-state index contributed by atoms with van der Waals surface area (Å²) >= 11 is 12.1. The Morgan fingerprint density at radius 1 is 0.967 bits per heavy atom. The Balaban J connectivity index is 1.39. The number of urea groups is 1. The number of carbonyl (C=O) groups excluding carboxylic acids is 1. The zero-order valence-electron chi connectivity index (χ0n) is 16.3. The molecule has 1 aliphatic heterocycles. The van der Waals surface area contributed by atoms with Crippen molar-refractivity contribution in [3.05, 3.63) is 64.1 Å². The summed E-state index contributed by atoms with van der Waals surface area (Å²) in [7, 11) is -3.68. The molecule has 1 saturated heterocycles. The highest BCUT2D eigenvalue weighted by Crippen LogP contribution is 2.41. The van der Waals surface area contributed by atoms with Crippen LogP contribution < -0.4 is 5.32 Å². The van der Waals surface area contributed by atoms with E-state index >= 15 is 0 Å². The van der Waals surface area contributed by atoms with Gasteiger partial charge in [0, 0.05) is 31.2 Å². The van der Waals surface area contributed by atoms with Crippen LogP contribution in [0.4, 0.5) is 4.79 Å². The normalized spacial score (nSPS) is 18.8. The number of piperazine rings is 1. The van der Waals surface area contributed by atoms with Crippen LogP contribution in [0.3, 0.4) is 0 Å². The van der Waals surface area contributed by atoms with Crippen LogP contribution in [0.15, 0.2) is 53.4 Å². The third kappa shape index (κ3) is 4.59. The van der Waals surface area contributed by atoms with E-state index in [0.29, 0.717) is 24.0 Å². The number of rotatable bonds is 5. The molecule has 2 fully saturated rings. The van der Waals surface area contributed by atoms with E-state index in [4.69, 9.17) is 23.2 Å². The fourth-order valence-electron chi connectivity index (χ4n) is 3.72. The van der Waals surface area contributed by atoms with Crippen LogP contribution in [0, 0.1) is 5.92 Å². The highest BCUT2D eigenvalue weighted by molar-refractivity contribution is 7.89. The fourth-order valence-corrected chi connectivity index (χ4v) is 5.76. The van der Waals surface area contributed by atoms with Gasteiger partial charge in [0.1, 0.15) is 4.90 Å². The number of hydrogen-bond acceptors (Lipinski definition) is 3. The van der Waals surface area contributed by atoms with Crippen molar-refractivity contribution in [3.63, 3.8) is 0 Å². The predicted molar refractivity (Wildman–Crippen MR) is 117 cm³/mol. The van der Waals surface area contributed by atoms with E-state index in [2.05, 4.69) is 5.32 Å². The quantitative estimate of drug-likeness (QED) is 0.717. The Bertz CT molecular complexity index is 1020. The van der Waals surface area contributed by atoms with Gasteiger partial charge in [-0.3, -0.25) is 0 Å². The van der Waals surface area contributed by atoms with Crippen LogP contribution in [-0.2, 0) is 10.0 Å². The highest BCUT2D eigenvalue weighted by Gasteiger charge is 2.36. The second kappa shape index (κ2) is 8.75. The average molecular weight is 468 g/mol. The van der Waals surface area contributed by atoms with Crippen LogP contribution in [0.5, 0.6) is 0 Å². The van der Waals surface area contributed by atoms with E-state index in [-0.39, 0.29) is 35.1 Å². The molecule has 9 heteroatoms. The van der Waals surface area contributed by atoms with Crippen LogP contribution in [0.25, 0.3) is 0 Å². The Morgan fingerprint density at radius 2 is 1.60 bits per heavy atom. The summed E-state index contributed by atoms with van der Waals surface area (Å²) < 4.78 is 27.2. The maximum atomic E-state index is 12.9. The van der Waals surface area contributed by atoms with Crippen LogP contribution in [0.2, 0.25) is 10.0 Å². The molecule has 0 aromatic heterocycles. The van der Waals surface area contributed by atoms with Crippen molar-refractivity contribution < 1.29 is 13.2 Å². The first kappa shape index (κ1) is 21.4. The van der Waals surface area contributed by atoms with Crippen molar-refractivity contribution in [1.29, 1.82) is 0 Å². The number of benzene rings is 2. The molecule has 1 atom stereocenters. The van der Waals surface area contributed by atoms with E-state index in [1.54, 1.807) is 23.1 Å². The number of nitrogens with zero attached hydrogens (tertiary/aromatic N) is 2. The van der Waals surface area contributed by atoms with E-state index in [1.807, 2.05) is 24.3 Å². The molecular weight excluding hydrogens is 445 g/mol. The first-order valence-electron chi connectivity index (χ1n) is 9.92. The molecule has 0 spiro atoms. The SMILES string of the molecule is O=C(NC(c1ccc(Cl)cc1)C1CC1)N1CCN(S(=O)(=O)c2ccccc2Cl)CC1.